The monoisotopic (exact) mass is 830 g/mol. The van der Waals surface area contributed by atoms with Crippen molar-refractivity contribution in [1.29, 1.82) is 10.5 Å². The Balaban J connectivity index is 0.000000176. The Bertz CT molecular complexity index is 2690. The van der Waals surface area contributed by atoms with Crippen molar-refractivity contribution in [1.82, 2.24) is 30.5 Å². The predicted octanol–water partition coefficient (Wildman–Crippen LogP) is 10.2. The van der Waals surface area contributed by atoms with Crippen molar-refractivity contribution in [2.24, 2.45) is 5.92 Å². The molecule has 3 aliphatic rings. The molecular formula is C49H50N8O5. The van der Waals surface area contributed by atoms with Gasteiger partial charge in [-0.1, -0.05) is 60.6 Å². The maximum atomic E-state index is 12.8. The number of rotatable bonds is 9. The Morgan fingerprint density at radius 2 is 1.44 bits per heavy atom. The second-order valence-electron chi connectivity index (χ2n) is 16.9. The number of fused-ring (bicyclic) bond motifs is 2. The van der Waals surface area contributed by atoms with E-state index in [0.29, 0.717) is 69.0 Å². The molecule has 62 heavy (non-hydrogen) atoms. The van der Waals surface area contributed by atoms with Crippen molar-refractivity contribution in [3.8, 4) is 69.3 Å². The zero-order chi connectivity index (χ0) is 43.5. The highest BCUT2D eigenvalue weighted by Gasteiger charge is 2.31. The number of nitrogens with one attached hydrogen (secondary N) is 1. The van der Waals surface area contributed by atoms with E-state index in [1.165, 1.54) is 11.1 Å². The van der Waals surface area contributed by atoms with Crippen LogP contribution < -0.4 is 14.8 Å². The van der Waals surface area contributed by atoms with Crippen molar-refractivity contribution < 1.29 is 23.3 Å². The number of urea groups is 1. The highest BCUT2D eigenvalue weighted by atomic mass is 16.5. The van der Waals surface area contributed by atoms with Gasteiger partial charge in [-0.3, -0.25) is 0 Å². The van der Waals surface area contributed by atoms with Gasteiger partial charge in [0.15, 0.2) is 0 Å². The molecule has 1 fully saturated rings. The van der Waals surface area contributed by atoms with Crippen LogP contribution in [0, 0.1) is 28.6 Å². The molecule has 9 rings (SSSR count). The van der Waals surface area contributed by atoms with Crippen LogP contribution in [0.2, 0.25) is 0 Å². The summed E-state index contributed by atoms with van der Waals surface area (Å²) in [6.07, 6.45) is 4.90. The van der Waals surface area contributed by atoms with E-state index in [4.69, 9.17) is 18.5 Å². The van der Waals surface area contributed by atoms with Crippen LogP contribution in [0.15, 0.2) is 81.8 Å². The molecule has 13 heteroatoms. The average molecular weight is 831 g/mol. The van der Waals surface area contributed by atoms with Gasteiger partial charge < -0.3 is 28.7 Å². The molecule has 0 bridgehead atoms. The first-order valence-corrected chi connectivity index (χ1v) is 21.4. The number of amides is 2. The van der Waals surface area contributed by atoms with Crippen LogP contribution in [-0.2, 0) is 12.8 Å². The molecule has 316 valence electrons. The Morgan fingerprint density at radius 1 is 0.774 bits per heavy atom. The zero-order valence-electron chi connectivity index (χ0n) is 35.9. The molecule has 2 aromatic heterocycles. The van der Waals surface area contributed by atoms with Gasteiger partial charge in [-0.15, -0.1) is 0 Å². The SMILES string of the molecule is CC(C)Oc1cc(C#N)cc(-c2nc(-c3cccc4c3CC[C@H]4C)no2)c1.CC(C)Oc1ccc(-c2nc(-c3cccc4c3CC[C@@H]4NC(=O)N3CC[C@@H](C)C3)no2)cc1C#N. The number of aromatic nitrogens is 4. The van der Waals surface area contributed by atoms with Crippen LogP contribution in [0.4, 0.5) is 4.79 Å². The first-order valence-electron chi connectivity index (χ1n) is 21.4. The summed E-state index contributed by atoms with van der Waals surface area (Å²) in [5.41, 5.74) is 9.13. The van der Waals surface area contributed by atoms with E-state index >= 15 is 0 Å². The number of hydrogen-bond acceptors (Lipinski definition) is 11. The average Bonchev–Trinajstić information content (AvgIpc) is 4.13. The van der Waals surface area contributed by atoms with Gasteiger partial charge in [-0.05, 0) is 130 Å². The van der Waals surface area contributed by atoms with E-state index in [1.807, 2.05) is 62.9 Å². The van der Waals surface area contributed by atoms with Crippen LogP contribution >= 0.6 is 0 Å². The summed E-state index contributed by atoms with van der Waals surface area (Å²) in [6.45, 7) is 13.8. The van der Waals surface area contributed by atoms with Gasteiger partial charge in [-0.2, -0.15) is 20.5 Å². The Morgan fingerprint density at radius 3 is 2.08 bits per heavy atom. The molecular weight excluding hydrogens is 781 g/mol. The van der Waals surface area contributed by atoms with E-state index in [0.717, 1.165) is 67.4 Å². The molecule has 0 unspecified atom stereocenters. The molecule has 0 radical (unpaired) electrons. The lowest BCUT2D eigenvalue weighted by molar-refractivity contribution is 0.203. The smallest absolute Gasteiger partial charge is 0.317 e. The summed E-state index contributed by atoms with van der Waals surface area (Å²) in [7, 11) is 0. The fourth-order valence-electron chi connectivity index (χ4n) is 8.58. The summed E-state index contributed by atoms with van der Waals surface area (Å²) < 4.78 is 22.5. The van der Waals surface area contributed by atoms with Crippen LogP contribution in [0.1, 0.15) is 106 Å². The second-order valence-corrected chi connectivity index (χ2v) is 16.9. The lowest BCUT2D eigenvalue weighted by Gasteiger charge is -2.21. The maximum absolute atomic E-state index is 12.8. The molecule has 2 amide bonds. The first-order chi connectivity index (χ1) is 30.0. The normalized spacial score (nSPS) is 17.5. The van der Waals surface area contributed by atoms with E-state index in [1.54, 1.807) is 24.3 Å². The highest BCUT2D eigenvalue weighted by molar-refractivity contribution is 5.76. The summed E-state index contributed by atoms with van der Waals surface area (Å²) in [5.74, 6) is 4.09. The van der Waals surface area contributed by atoms with Crippen molar-refractivity contribution in [2.45, 2.75) is 97.8 Å². The van der Waals surface area contributed by atoms with E-state index in [-0.39, 0.29) is 24.3 Å². The largest absolute Gasteiger partial charge is 0.491 e. The minimum atomic E-state index is -0.0318. The topological polar surface area (TPSA) is 176 Å². The van der Waals surface area contributed by atoms with E-state index in [9.17, 15) is 15.3 Å². The Hall–Kier alpha value is -6.99. The second kappa shape index (κ2) is 17.9. The lowest BCUT2D eigenvalue weighted by atomic mass is 9.99. The number of benzene rings is 4. The molecule has 13 nitrogen and oxygen atoms in total. The molecule has 0 spiro atoms. The van der Waals surface area contributed by atoms with Crippen molar-refractivity contribution in [2.75, 3.05) is 13.1 Å². The standard InChI is InChI=1S/C27H29N5O3.C22H21N3O2/c1-16(2)34-24-10-7-18(13-19(24)14-28)26-30-25(31-35-26)22-6-4-5-21-20(22)8-9-23(21)29-27(33)32-12-11-17(3)15-32;1-13(2)26-17-10-15(12-23)9-16(11-17)22-24-21(25-27-22)20-6-4-5-18-14(3)7-8-19(18)20/h4-7,10,13,16-17,23H,8-9,11-12,15H2,1-3H3,(H,29,33);4-6,9-11,13-14H,7-8H2,1-3H3/t17-,23+;14-/m11/s1. The minimum Gasteiger partial charge on any atom is -0.491 e. The third-order valence-electron chi connectivity index (χ3n) is 11.5. The molecule has 1 saturated heterocycles. The lowest BCUT2D eigenvalue weighted by Crippen LogP contribution is -2.39. The summed E-state index contributed by atoms with van der Waals surface area (Å²) in [5, 5.41) is 30.5. The summed E-state index contributed by atoms with van der Waals surface area (Å²) in [6, 6.07) is 27.2. The summed E-state index contributed by atoms with van der Waals surface area (Å²) >= 11 is 0. The fourth-order valence-corrected chi connectivity index (χ4v) is 8.58. The Labute approximate surface area is 361 Å². The molecule has 0 saturated carbocycles. The van der Waals surface area contributed by atoms with Gasteiger partial charge in [0.05, 0.1) is 35.4 Å². The number of nitriles is 2. The van der Waals surface area contributed by atoms with Crippen molar-refractivity contribution in [3.63, 3.8) is 0 Å². The summed E-state index contributed by atoms with van der Waals surface area (Å²) in [4.78, 5) is 23.9. The molecule has 1 N–H and O–H groups in total. The number of likely N-dealkylation sites (tertiary alicyclic amines) is 1. The third kappa shape index (κ3) is 8.89. The predicted molar refractivity (Wildman–Crippen MR) is 233 cm³/mol. The van der Waals surface area contributed by atoms with Crippen LogP contribution in [0.5, 0.6) is 11.5 Å². The molecule has 3 atom stereocenters. The van der Waals surface area contributed by atoms with Gasteiger partial charge >= 0.3 is 6.03 Å². The number of carbonyl (C=O) groups is 1. The number of nitrogens with zero attached hydrogens (tertiary/aromatic N) is 7. The molecule has 6 aromatic rings. The maximum Gasteiger partial charge on any atom is 0.317 e. The van der Waals surface area contributed by atoms with Gasteiger partial charge in [0.25, 0.3) is 11.8 Å². The van der Waals surface area contributed by atoms with Crippen LogP contribution in [0.25, 0.3) is 45.7 Å². The van der Waals surface area contributed by atoms with Crippen LogP contribution in [0.3, 0.4) is 0 Å². The quantitative estimate of drug-likeness (QED) is 0.147. The van der Waals surface area contributed by atoms with Gasteiger partial charge in [-0.25, -0.2) is 4.79 Å². The molecule has 2 aliphatic carbocycles. The third-order valence-corrected chi connectivity index (χ3v) is 11.5. The molecule has 3 heterocycles. The van der Waals surface area contributed by atoms with Crippen molar-refractivity contribution >= 4 is 6.03 Å². The van der Waals surface area contributed by atoms with Gasteiger partial charge in [0, 0.05) is 35.3 Å². The molecule has 4 aromatic carbocycles. The van der Waals surface area contributed by atoms with Gasteiger partial charge in [0.2, 0.25) is 11.6 Å². The number of hydrogen-bond donors (Lipinski definition) is 1. The molecule has 1 aliphatic heterocycles. The number of ether oxygens (including phenoxy) is 2. The number of carbonyl (C=O) groups excluding carboxylic acids is 1. The van der Waals surface area contributed by atoms with Gasteiger partial charge in [0.1, 0.15) is 17.6 Å². The van der Waals surface area contributed by atoms with E-state index in [2.05, 4.69) is 69.8 Å². The zero-order valence-corrected chi connectivity index (χ0v) is 35.9. The highest BCUT2D eigenvalue weighted by Crippen LogP contribution is 2.40. The minimum absolute atomic E-state index is 0.0117. The Kier molecular flexibility index (Phi) is 12.1. The first kappa shape index (κ1) is 41.7. The van der Waals surface area contributed by atoms with Crippen LogP contribution in [-0.4, -0.2) is 56.5 Å². The van der Waals surface area contributed by atoms with E-state index < -0.39 is 0 Å². The fraction of sp³-hybridized carbons (Fsp3) is 0.367. The van der Waals surface area contributed by atoms with Crippen molar-refractivity contribution in [3.05, 3.63) is 106 Å².